The van der Waals surface area contributed by atoms with Crippen molar-refractivity contribution in [1.82, 2.24) is 0 Å². The first-order valence-electron chi connectivity index (χ1n) is 9.82. The first-order valence-corrected chi connectivity index (χ1v) is 12.1. The summed E-state index contributed by atoms with van der Waals surface area (Å²) in [6.45, 7) is 7.13. The average Bonchev–Trinajstić information content (AvgIpc) is 2.65. The van der Waals surface area contributed by atoms with E-state index in [2.05, 4.69) is 0 Å². The molecule has 2 aromatic rings. The Kier molecular flexibility index (Phi) is 6.34. The van der Waals surface area contributed by atoms with Crippen LogP contribution in [0.2, 0.25) is 5.02 Å². The van der Waals surface area contributed by atoms with Gasteiger partial charge in [0, 0.05) is 25.3 Å². The van der Waals surface area contributed by atoms with Gasteiger partial charge in [-0.3, -0.25) is 9.69 Å². The van der Waals surface area contributed by atoms with Crippen LogP contribution in [-0.4, -0.2) is 45.4 Å². The second-order valence-corrected chi connectivity index (χ2v) is 10.3. The van der Waals surface area contributed by atoms with E-state index in [9.17, 15) is 18.0 Å². The number of ether oxygens (including phenoxy) is 1. The van der Waals surface area contributed by atoms with Crippen molar-refractivity contribution in [2.24, 2.45) is 0 Å². The molecular weight excluding hydrogens is 440 g/mol. The maximum Gasteiger partial charge on any atom is 0.414 e. The number of nitrogens with zero attached hydrogens (tertiary/aromatic N) is 2. The Bertz CT molecular complexity index is 1130. The number of carbonyl (C=O) groups excluding carboxylic acids is 2. The minimum Gasteiger partial charge on any atom is -0.446 e. The monoisotopic (exact) mass is 464 g/mol. The molecule has 0 aromatic heterocycles. The number of carbonyl (C=O) groups is 2. The average molecular weight is 465 g/mol. The minimum absolute atomic E-state index is 0.160. The van der Waals surface area contributed by atoms with Crippen LogP contribution < -0.4 is 9.80 Å². The van der Waals surface area contributed by atoms with Crippen molar-refractivity contribution >= 4 is 44.8 Å². The van der Waals surface area contributed by atoms with E-state index in [1.807, 2.05) is 6.92 Å². The number of fused-ring (bicyclic) bond motifs is 1. The largest absolute Gasteiger partial charge is 0.446 e. The van der Waals surface area contributed by atoms with E-state index in [4.69, 9.17) is 16.3 Å². The molecule has 166 valence electrons. The first-order chi connectivity index (χ1) is 14.4. The van der Waals surface area contributed by atoms with Crippen LogP contribution in [0, 0.1) is 0 Å². The van der Waals surface area contributed by atoms with E-state index in [-0.39, 0.29) is 29.5 Å². The lowest BCUT2D eigenvalue weighted by Gasteiger charge is -2.40. The molecule has 0 aliphatic carbocycles. The number of rotatable bonds is 3. The molecule has 0 N–H and O–H groups in total. The number of amides is 2. The summed E-state index contributed by atoms with van der Waals surface area (Å²) in [6, 6.07) is 9.47. The molecule has 1 unspecified atom stereocenters. The van der Waals surface area contributed by atoms with Crippen molar-refractivity contribution in [1.29, 1.82) is 0 Å². The van der Waals surface area contributed by atoms with Gasteiger partial charge in [0.2, 0.25) is 5.91 Å². The Morgan fingerprint density at radius 3 is 2.26 bits per heavy atom. The standard InChI is InChI=1S/C22H25ClN2O5S/c1-13(2)30-22(27)24-12-14(3)25(15(4)26)21-11-19(23)18(10-20(21)24)16-6-8-17(9-7-16)31(5,28)29/h6-11,13-14H,12H2,1-5H3. The molecule has 31 heavy (non-hydrogen) atoms. The molecule has 2 aromatic carbocycles. The summed E-state index contributed by atoms with van der Waals surface area (Å²) < 4.78 is 28.9. The first kappa shape index (κ1) is 23.1. The highest BCUT2D eigenvalue weighted by atomic mass is 35.5. The molecule has 2 amide bonds. The molecule has 1 heterocycles. The maximum absolute atomic E-state index is 12.8. The van der Waals surface area contributed by atoms with E-state index in [1.54, 1.807) is 43.0 Å². The van der Waals surface area contributed by atoms with Crippen LogP contribution >= 0.6 is 11.6 Å². The third-order valence-electron chi connectivity index (χ3n) is 4.99. The summed E-state index contributed by atoms with van der Waals surface area (Å²) in [5, 5.41) is 0.378. The number of sulfone groups is 1. The summed E-state index contributed by atoms with van der Waals surface area (Å²) in [5.41, 5.74) is 2.32. The van der Waals surface area contributed by atoms with E-state index in [0.29, 0.717) is 27.5 Å². The fourth-order valence-corrected chi connectivity index (χ4v) is 4.56. The second-order valence-electron chi connectivity index (χ2n) is 7.90. The molecule has 0 spiro atoms. The van der Waals surface area contributed by atoms with Gasteiger partial charge in [-0.2, -0.15) is 0 Å². The highest BCUT2D eigenvalue weighted by Gasteiger charge is 2.35. The van der Waals surface area contributed by atoms with E-state index < -0.39 is 15.9 Å². The van der Waals surface area contributed by atoms with Crippen LogP contribution in [0.25, 0.3) is 11.1 Å². The third-order valence-corrected chi connectivity index (χ3v) is 6.43. The van der Waals surface area contributed by atoms with Gasteiger partial charge >= 0.3 is 6.09 Å². The van der Waals surface area contributed by atoms with Crippen LogP contribution in [-0.2, 0) is 19.4 Å². The molecular formula is C22H25ClN2O5S. The van der Waals surface area contributed by atoms with Gasteiger partial charge in [-0.05, 0) is 50.6 Å². The van der Waals surface area contributed by atoms with E-state index in [1.165, 1.54) is 24.0 Å². The number of benzene rings is 2. The number of hydrogen-bond acceptors (Lipinski definition) is 5. The predicted molar refractivity (Wildman–Crippen MR) is 122 cm³/mol. The van der Waals surface area contributed by atoms with Crippen molar-refractivity contribution in [3.05, 3.63) is 41.4 Å². The molecule has 0 saturated heterocycles. The summed E-state index contributed by atoms with van der Waals surface area (Å²) >= 11 is 6.56. The molecule has 1 atom stereocenters. The van der Waals surface area contributed by atoms with Gasteiger partial charge in [-0.15, -0.1) is 0 Å². The van der Waals surface area contributed by atoms with Crippen molar-refractivity contribution < 1.29 is 22.7 Å². The smallest absolute Gasteiger partial charge is 0.414 e. The zero-order chi connectivity index (χ0) is 23.1. The Labute approximate surface area is 187 Å². The van der Waals surface area contributed by atoms with E-state index >= 15 is 0 Å². The van der Waals surface area contributed by atoms with Crippen LogP contribution in [0.15, 0.2) is 41.3 Å². The van der Waals surface area contributed by atoms with Crippen molar-refractivity contribution in [3.8, 4) is 11.1 Å². The number of halogens is 1. The predicted octanol–water partition coefficient (Wildman–Crippen LogP) is 4.52. The molecule has 0 radical (unpaired) electrons. The van der Waals surface area contributed by atoms with Gasteiger partial charge in [-0.25, -0.2) is 13.2 Å². The van der Waals surface area contributed by atoms with Gasteiger partial charge in [0.25, 0.3) is 0 Å². The molecule has 0 bridgehead atoms. The SMILES string of the molecule is CC(=O)N1c2cc(Cl)c(-c3ccc(S(C)(=O)=O)cc3)cc2N(C(=O)OC(C)C)CC1C. The molecule has 3 rings (SSSR count). The van der Waals surface area contributed by atoms with Gasteiger partial charge < -0.3 is 9.64 Å². The Hall–Kier alpha value is -2.58. The summed E-state index contributed by atoms with van der Waals surface area (Å²) in [5.74, 6) is -0.160. The Morgan fingerprint density at radius 1 is 1.13 bits per heavy atom. The molecule has 0 fully saturated rings. The lowest BCUT2D eigenvalue weighted by atomic mass is 10.0. The van der Waals surface area contributed by atoms with Gasteiger partial charge in [0.05, 0.1) is 33.4 Å². The zero-order valence-electron chi connectivity index (χ0n) is 18.0. The third kappa shape index (κ3) is 4.70. The Morgan fingerprint density at radius 2 is 1.74 bits per heavy atom. The fraction of sp³-hybridized carbons (Fsp3) is 0.364. The normalized spacial score (nSPS) is 16.3. The summed E-state index contributed by atoms with van der Waals surface area (Å²) in [6.07, 6.45) is 0.336. The maximum atomic E-state index is 12.8. The molecule has 1 aliphatic heterocycles. The summed E-state index contributed by atoms with van der Waals surface area (Å²) in [7, 11) is -3.33. The van der Waals surface area contributed by atoms with Crippen LogP contribution in [0.3, 0.4) is 0 Å². The molecule has 1 aliphatic rings. The second kappa shape index (κ2) is 8.51. The quantitative estimate of drug-likeness (QED) is 0.666. The fourth-order valence-electron chi connectivity index (χ4n) is 3.66. The lowest BCUT2D eigenvalue weighted by Crippen LogP contribution is -2.51. The van der Waals surface area contributed by atoms with Gasteiger partial charge in [0.15, 0.2) is 9.84 Å². The van der Waals surface area contributed by atoms with Crippen LogP contribution in [0.1, 0.15) is 27.7 Å². The number of anilines is 2. The zero-order valence-corrected chi connectivity index (χ0v) is 19.6. The van der Waals surface area contributed by atoms with E-state index in [0.717, 1.165) is 6.26 Å². The lowest BCUT2D eigenvalue weighted by molar-refractivity contribution is -0.117. The van der Waals surface area contributed by atoms with Crippen LogP contribution in [0.4, 0.5) is 16.2 Å². The highest BCUT2D eigenvalue weighted by Crippen LogP contribution is 2.43. The topological polar surface area (TPSA) is 84.0 Å². The molecule has 9 heteroatoms. The number of hydrogen-bond donors (Lipinski definition) is 0. The molecule has 0 saturated carbocycles. The van der Waals surface area contributed by atoms with Crippen LogP contribution in [0.5, 0.6) is 0 Å². The van der Waals surface area contributed by atoms with Crippen molar-refractivity contribution in [2.75, 3.05) is 22.6 Å². The molecule has 7 nitrogen and oxygen atoms in total. The van der Waals surface area contributed by atoms with Gasteiger partial charge in [-0.1, -0.05) is 23.7 Å². The van der Waals surface area contributed by atoms with Crippen molar-refractivity contribution in [2.45, 2.75) is 44.7 Å². The van der Waals surface area contributed by atoms with Gasteiger partial charge in [0.1, 0.15) is 0 Å². The summed E-state index contributed by atoms with van der Waals surface area (Å²) in [4.78, 5) is 28.4. The Balaban J connectivity index is 2.15. The minimum atomic E-state index is -3.33. The highest BCUT2D eigenvalue weighted by molar-refractivity contribution is 7.90. The van der Waals surface area contributed by atoms with Crippen molar-refractivity contribution in [3.63, 3.8) is 0 Å².